The van der Waals surface area contributed by atoms with Crippen molar-refractivity contribution >= 4 is 11.6 Å². The van der Waals surface area contributed by atoms with Gasteiger partial charge >= 0.3 is 0 Å². The molecule has 0 unspecified atom stereocenters. The van der Waals surface area contributed by atoms with Crippen LogP contribution < -0.4 is 11.1 Å². The number of nitrogen functional groups attached to an aromatic ring is 1. The summed E-state index contributed by atoms with van der Waals surface area (Å²) < 4.78 is 0. The first-order chi connectivity index (χ1) is 8.65. The van der Waals surface area contributed by atoms with E-state index in [9.17, 15) is 4.79 Å². The Kier molecular flexibility index (Phi) is 2.73. The van der Waals surface area contributed by atoms with Crippen molar-refractivity contribution < 1.29 is 4.79 Å². The van der Waals surface area contributed by atoms with Gasteiger partial charge in [0.05, 0.1) is 23.1 Å². The number of nitrogens with two attached hydrogens (primary N) is 1. The van der Waals surface area contributed by atoms with Crippen molar-refractivity contribution in [2.24, 2.45) is 11.8 Å². The van der Waals surface area contributed by atoms with Crippen LogP contribution in [0.5, 0.6) is 0 Å². The van der Waals surface area contributed by atoms with E-state index >= 15 is 0 Å². The van der Waals surface area contributed by atoms with E-state index in [1.54, 1.807) is 12.3 Å². The maximum absolute atomic E-state index is 12.3. The van der Waals surface area contributed by atoms with Gasteiger partial charge in [-0.3, -0.25) is 9.78 Å². The van der Waals surface area contributed by atoms with E-state index in [0.29, 0.717) is 29.1 Å². The summed E-state index contributed by atoms with van der Waals surface area (Å²) >= 11 is 0. The highest BCUT2D eigenvalue weighted by Gasteiger charge is 2.42. The van der Waals surface area contributed by atoms with Crippen LogP contribution in [-0.4, -0.2) is 16.9 Å². The van der Waals surface area contributed by atoms with Crippen molar-refractivity contribution in [2.45, 2.75) is 38.6 Å². The molecule has 0 saturated heterocycles. The Hall–Kier alpha value is -1.58. The lowest BCUT2D eigenvalue weighted by molar-refractivity contribution is 0.0925. The monoisotopic (exact) mass is 245 g/mol. The number of aromatic nitrogens is 1. The van der Waals surface area contributed by atoms with Crippen LogP contribution in [0.25, 0.3) is 0 Å². The highest BCUT2D eigenvalue weighted by Crippen LogP contribution is 2.44. The van der Waals surface area contributed by atoms with E-state index in [1.165, 1.54) is 25.7 Å². The highest BCUT2D eigenvalue weighted by molar-refractivity contribution is 5.96. The molecule has 18 heavy (non-hydrogen) atoms. The molecule has 0 spiro atoms. The van der Waals surface area contributed by atoms with Gasteiger partial charge < -0.3 is 11.1 Å². The molecule has 1 aromatic heterocycles. The topological polar surface area (TPSA) is 68.0 Å². The van der Waals surface area contributed by atoms with Gasteiger partial charge in [0.15, 0.2) is 0 Å². The van der Waals surface area contributed by atoms with Crippen LogP contribution in [-0.2, 0) is 0 Å². The minimum absolute atomic E-state index is 0.0175. The maximum atomic E-state index is 12.3. The predicted octanol–water partition coefficient (Wildman–Crippen LogP) is 1.89. The summed E-state index contributed by atoms with van der Waals surface area (Å²) in [6.07, 6.45) is 6.63. The number of carbonyl (C=O) groups excluding carboxylic acids is 1. The molecule has 1 aromatic rings. The molecule has 0 aliphatic heterocycles. The van der Waals surface area contributed by atoms with Gasteiger partial charge in [-0.15, -0.1) is 0 Å². The fourth-order valence-electron chi connectivity index (χ4n) is 2.54. The van der Waals surface area contributed by atoms with Gasteiger partial charge in [0.25, 0.3) is 5.91 Å². The average molecular weight is 245 g/mol. The molecule has 0 aromatic carbocycles. The van der Waals surface area contributed by atoms with Crippen molar-refractivity contribution in [1.82, 2.24) is 10.3 Å². The molecule has 0 atom stereocenters. The van der Waals surface area contributed by atoms with Crippen molar-refractivity contribution in [1.29, 1.82) is 0 Å². The van der Waals surface area contributed by atoms with Gasteiger partial charge in [-0.05, 0) is 50.5 Å². The van der Waals surface area contributed by atoms with Gasteiger partial charge in [-0.1, -0.05) is 0 Å². The van der Waals surface area contributed by atoms with Crippen LogP contribution in [0.1, 0.15) is 41.7 Å². The quantitative estimate of drug-likeness (QED) is 0.851. The number of anilines is 1. The lowest BCUT2D eigenvalue weighted by atomic mass is 10.1. The van der Waals surface area contributed by atoms with Gasteiger partial charge in [0.1, 0.15) is 0 Å². The molecule has 96 valence electrons. The molecule has 1 amide bonds. The zero-order valence-electron chi connectivity index (χ0n) is 10.6. The second-order valence-electron chi connectivity index (χ2n) is 5.58. The third-order valence-corrected chi connectivity index (χ3v) is 3.91. The first-order valence-corrected chi connectivity index (χ1v) is 6.68. The number of pyridine rings is 1. The molecule has 3 rings (SSSR count). The number of aryl methyl sites for hydroxylation is 1. The summed E-state index contributed by atoms with van der Waals surface area (Å²) in [6.45, 7) is 1.84. The van der Waals surface area contributed by atoms with Gasteiger partial charge in [-0.25, -0.2) is 0 Å². The number of rotatable bonds is 4. The summed E-state index contributed by atoms with van der Waals surface area (Å²) in [5.74, 6) is 1.39. The third-order valence-electron chi connectivity index (χ3n) is 3.91. The van der Waals surface area contributed by atoms with Crippen molar-refractivity contribution in [3.05, 3.63) is 23.5 Å². The fourth-order valence-corrected chi connectivity index (χ4v) is 2.54. The molecule has 2 fully saturated rings. The van der Waals surface area contributed by atoms with E-state index < -0.39 is 0 Å². The Balaban J connectivity index is 1.75. The van der Waals surface area contributed by atoms with Crippen LogP contribution in [0, 0.1) is 18.8 Å². The standard InChI is InChI=1S/C14H19N3O/c1-8-12(6-11(15)7-16-8)14(18)17-13(9-2-3-9)10-4-5-10/h6-7,9-10,13H,2-5,15H2,1H3,(H,17,18). The number of carbonyl (C=O) groups is 1. The summed E-state index contributed by atoms with van der Waals surface area (Å²) in [6, 6.07) is 2.09. The minimum atomic E-state index is -0.0175. The van der Waals surface area contributed by atoms with Crippen LogP contribution in [0.4, 0.5) is 5.69 Å². The Morgan fingerprint density at radius 1 is 1.39 bits per heavy atom. The first-order valence-electron chi connectivity index (χ1n) is 6.68. The second kappa shape index (κ2) is 4.26. The minimum Gasteiger partial charge on any atom is -0.397 e. The van der Waals surface area contributed by atoms with Crippen LogP contribution in [0.15, 0.2) is 12.3 Å². The van der Waals surface area contributed by atoms with Crippen molar-refractivity contribution in [3.63, 3.8) is 0 Å². The van der Waals surface area contributed by atoms with E-state index in [2.05, 4.69) is 10.3 Å². The summed E-state index contributed by atoms with van der Waals surface area (Å²) in [7, 11) is 0. The molecule has 4 heteroatoms. The zero-order valence-corrected chi connectivity index (χ0v) is 10.6. The second-order valence-corrected chi connectivity index (χ2v) is 5.58. The van der Waals surface area contributed by atoms with Crippen LogP contribution >= 0.6 is 0 Å². The SMILES string of the molecule is Cc1ncc(N)cc1C(=O)NC(C1CC1)C1CC1. The number of amides is 1. The van der Waals surface area contributed by atoms with E-state index in [4.69, 9.17) is 5.73 Å². The summed E-state index contributed by atoms with van der Waals surface area (Å²) in [4.78, 5) is 16.4. The number of nitrogens with zero attached hydrogens (tertiary/aromatic N) is 1. The lowest BCUT2D eigenvalue weighted by Gasteiger charge is -2.18. The molecule has 4 nitrogen and oxygen atoms in total. The molecule has 2 saturated carbocycles. The van der Waals surface area contributed by atoms with Gasteiger partial charge in [0.2, 0.25) is 0 Å². The molecular weight excluding hydrogens is 226 g/mol. The first kappa shape index (κ1) is 11.5. The zero-order chi connectivity index (χ0) is 12.7. The number of nitrogens with one attached hydrogen (secondary N) is 1. The van der Waals surface area contributed by atoms with E-state index in [1.807, 2.05) is 6.92 Å². The highest BCUT2D eigenvalue weighted by atomic mass is 16.1. The van der Waals surface area contributed by atoms with Crippen molar-refractivity contribution in [3.8, 4) is 0 Å². The molecule has 0 bridgehead atoms. The fraction of sp³-hybridized carbons (Fsp3) is 0.571. The molecule has 1 heterocycles. The van der Waals surface area contributed by atoms with Gasteiger partial charge in [-0.2, -0.15) is 0 Å². The number of hydrogen-bond acceptors (Lipinski definition) is 3. The van der Waals surface area contributed by atoms with Gasteiger partial charge in [0, 0.05) is 6.04 Å². The van der Waals surface area contributed by atoms with E-state index in [-0.39, 0.29) is 5.91 Å². The number of hydrogen-bond donors (Lipinski definition) is 2. The Morgan fingerprint density at radius 3 is 2.56 bits per heavy atom. The molecular formula is C14H19N3O. The Labute approximate surface area is 107 Å². The Bertz CT molecular complexity index is 466. The van der Waals surface area contributed by atoms with Crippen LogP contribution in [0.3, 0.4) is 0 Å². The van der Waals surface area contributed by atoms with Crippen LogP contribution in [0.2, 0.25) is 0 Å². The van der Waals surface area contributed by atoms with Crippen molar-refractivity contribution in [2.75, 3.05) is 5.73 Å². The summed E-state index contributed by atoms with van der Waals surface area (Å²) in [5, 5.41) is 3.19. The molecule has 2 aliphatic carbocycles. The summed E-state index contributed by atoms with van der Waals surface area (Å²) in [5.41, 5.74) is 7.59. The Morgan fingerprint density at radius 2 is 2.00 bits per heavy atom. The average Bonchev–Trinajstić information content (AvgIpc) is 3.21. The predicted molar refractivity (Wildman–Crippen MR) is 70.1 cm³/mol. The smallest absolute Gasteiger partial charge is 0.253 e. The normalized spacial score (nSPS) is 19.0. The maximum Gasteiger partial charge on any atom is 0.253 e. The molecule has 3 N–H and O–H groups in total. The molecule has 0 radical (unpaired) electrons. The third kappa shape index (κ3) is 2.33. The lowest BCUT2D eigenvalue weighted by Crippen LogP contribution is -2.38. The molecule has 2 aliphatic rings. The largest absolute Gasteiger partial charge is 0.397 e. The van der Waals surface area contributed by atoms with E-state index in [0.717, 1.165) is 5.69 Å².